The molecule has 1 aromatic carbocycles. The molecule has 0 unspecified atom stereocenters. The first-order valence-electron chi connectivity index (χ1n) is 4.59. The molecule has 1 rings (SSSR count). The van der Waals surface area contributed by atoms with Crippen LogP contribution in [0.4, 0.5) is 5.69 Å². The maximum absolute atomic E-state index is 10.8. The van der Waals surface area contributed by atoms with E-state index in [1.165, 1.54) is 0 Å². The minimum absolute atomic E-state index is 0.0580. The predicted octanol–water partition coefficient (Wildman–Crippen LogP) is 3.80. The normalized spacial score (nSPS) is 11.5. The summed E-state index contributed by atoms with van der Waals surface area (Å²) in [7, 11) is 0. The predicted molar refractivity (Wildman–Crippen MR) is 68.7 cm³/mol. The largest absolute Gasteiger partial charge is 0.273 e. The molecule has 81 valence electrons. The highest BCUT2D eigenvalue weighted by atomic mass is 127. The zero-order chi connectivity index (χ0) is 11.6. The monoisotopic (exact) mass is 318 g/mol. The van der Waals surface area contributed by atoms with Crippen molar-refractivity contribution in [2.75, 3.05) is 0 Å². The highest BCUT2D eigenvalue weighted by molar-refractivity contribution is 14.1. The van der Waals surface area contributed by atoms with E-state index < -0.39 is 0 Å². The van der Waals surface area contributed by atoms with Gasteiger partial charge in [0.05, 0.1) is 4.92 Å². The molecular formula is C11H13INO2. The summed E-state index contributed by atoms with van der Waals surface area (Å²) in [5, 5.41) is 10.8. The number of nitro groups is 1. The van der Waals surface area contributed by atoms with Crippen molar-refractivity contribution in [1.82, 2.24) is 0 Å². The van der Waals surface area contributed by atoms with Gasteiger partial charge in [0.1, 0.15) is 0 Å². The second-order valence-electron chi connectivity index (χ2n) is 4.47. The van der Waals surface area contributed by atoms with Crippen LogP contribution in [-0.4, -0.2) is 4.92 Å². The smallest absolute Gasteiger partial charge is 0.258 e. The van der Waals surface area contributed by atoms with Gasteiger partial charge in [-0.25, -0.2) is 0 Å². The molecule has 0 atom stereocenters. The van der Waals surface area contributed by atoms with Crippen LogP contribution >= 0.6 is 22.6 Å². The lowest BCUT2D eigenvalue weighted by Crippen LogP contribution is -2.08. The molecule has 0 aliphatic heterocycles. The molecule has 15 heavy (non-hydrogen) atoms. The lowest BCUT2D eigenvalue weighted by Gasteiger charge is -2.17. The number of nitrogens with zero attached hydrogens (tertiary/aromatic N) is 1. The van der Waals surface area contributed by atoms with E-state index in [0.29, 0.717) is 5.56 Å². The Hall–Kier alpha value is -0.650. The number of hydrogen-bond donors (Lipinski definition) is 0. The summed E-state index contributed by atoms with van der Waals surface area (Å²) in [5.41, 5.74) is 0.808. The van der Waals surface area contributed by atoms with E-state index in [1.54, 1.807) is 12.1 Å². The van der Waals surface area contributed by atoms with Crippen molar-refractivity contribution in [3.05, 3.63) is 43.9 Å². The molecule has 0 saturated carbocycles. The van der Waals surface area contributed by atoms with Crippen LogP contribution < -0.4 is 0 Å². The van der Waals surface area contributed by atoms with Crippen molar-refractivity contribution >= 4 is 28.3 Å². The summed E-state index contributed by atoms with van der Waals surface area (Å²) in [6.45, 7) is 6.07. The molecule has 0 aliphatic rings. The maximum atomic E-state index is 10.8. The third-order valence-electron chi connectivity index (χ3n) is 1.78. The van der Waals surface area contributed by atoms with Crippen LogP contribution in [0.5, 0.6) is 0 Å². The van der Waals surface area contributed by atoms with E-state index in [-0.39, 0.29) is 16.0 Å². The number of halogens is 1. The Morgan fingerprint density at radius 2 is 2.00 bits per heavy atom. The topological polar surface area (TPSA) is 43.1 Å². The molecule has 3 nitrogen and oxygen atoms in total. The third-order valence-corrected chi connectivity index (χ3v) is 2.45. The van der Waals surface area contributed by atoms with Crippen LogP contribution in [0.1, 0.15) is 26.3 Å². The molecule has 0 heterocycles. The summed E-state index contributed by atoms with van der Waals surface area (Å²) >= 11 is 2.07. The minimum Gasteiger partial charge on any atom is -0.258 e. The zero-order valence-electron chi connectivity index (χ0n) is 8.95. The summed E-state index contributed by atoms with van der Waals surface area (Å²) < 4.78 is 0.880. The van der Waals surface area contributed by atoms with E-state index in [0.717, 1.165) is 3.57 Å². The summed E-state index contributed by atoms with van der Waals surface area (Å²) in [6, 6.07) is 5.27. The molecule has 0 N–H and O–H groups in total. The quantitative estimate of drug-likeness (QED) is 0.473. The SMILES string of the molecule is CC(C)(C)[CH]c1ccc(I)cc1[N+](=O)[O-]. The molecule has 1 aromatic rings. The van der Waals surface area contributed by atoms with Crippen molar-refractivity contribution in [2.24, 2.45) is 5.41 Å². The van der Waals surface area contributed by atoms with Crippen molar-refractivity contribution in [1.29, 1.82) is 0 Å². The first-order chi connectivity index (χ1) is 6.79. The summed E-state index contributed by atoms with van der Waals surface area (Å²) in [6.07, 6.45) is 1.92. The molecule has 0 aromatic heterocycles. The Kier molecular flexibility index (Phi) is 3.70. The van der Waals surface area contributed by atoms with Gasteiger partial charge >= 0.3 is 0 Å². The molecule has 1 radical (unpaired) electrons. The molecule has 0 spiro atoms. The molecule has 4 heteroatoms. The van der Waals surface area contributed by atoms with Gasteiger partial charge < -0.3 is 0 Å². The highest BCUT2D eigenvalue weighted by Gasteiger charge is 2.20. The molecule has 0 fully saturated rings. The fourth-order valence-electron chi connectivity index (χ4n) is 1.26. The van der Waals surface area contributed by atoms with Gasteiger partial charge in [-0.3, -0.25) is 10.1 Å². The van der Waals surface area contributed by atoms with Crippen LogP contribution in [0.25, 0.3) is 0 Å². The Bertz CT molecular complexity index is 383. The first kappa shape index (κ1) is 12.4. The molecule has 0 saturated heterocycles. The van der Waals surface area contributed by atoms with Crippen molar-refractivity contribution in [3.63, 3.8) is 0 Å². The molecule has 0 aliphatic carbocycles. The Labute approximate surface area is 103 Å². The van der Waals surface area contributed by atoms with E-state index in [2.05, 4.69) is 22.6 Å². The zero-order valence-corrected chi connectivity index (χ0v) is 11.1. The lowest BCUT2D eigenvalue weighted by atomic mass is 9.87. The summed E-state index contributed by atoms with van der Waals surface area (Å²) in [4.78, 5) is 10.5. The summed E-state index contributed by atoms with van der Waals surface area (Å²) in [5.74, 6) is 0. The molecular weight excluding hydrogens is 305 g/mol. The van der Waals surface area contributed by atoms with Gasteiger partial charge in [0, 0.05) is 21.6 Å². The number of rotatable bonds is 2. The van der Waals surface area contributed by atoms with Gasteiger partial charge in [-0.15, -0.1) is 0 Å². The van der Waals surface area contributed by atoms with E-state index in [4.69, 9.17) is 0 Å². The third kappa shape index (κ3) is 3.77. The highest BCUT2D eigenvalue weighted by Crippen LogP contribution is 2.30. The Morgan fingerprint density at radius 1 is 1.40 bits per heavy atom. The Balaban J connectivity index is 3.12. The lowest BCUT2D eigenvalue weighted by molar-refractivity contribution is -0.385. The number of benzene rings is 1. The average molecular weight is 318 g/mol. The van der Waals surface area contributed by atoms with Crippen molar-refractivity contribution < 1.29 is 4.92 Å². The van der Waals surface area contributed by atoms with Gasteiger partial charge in [-0.1, -0.05) is 26.8 Å². The number of hydrogen-bond acceptors (Lipinski definition) is 2. The van der Waals surface area contributed by atoms with Gasteiger partial charge in [0.25, 0.3) is 5.69 Å². The standard InChI is InChI=1S/C11H13INO2/c1-11(2,3)7-8-4-5-9(12)6-10(8)13(14)15/h4-7H,1-3H3. The fraction of sp³-hybridized carbons (Fsp3) is 0.364. The van der Waals surface area contributed by atoms with E-state index in [1.807, 2.05) is 33.3 Å². The first-order valence-corrected chi connectivity index (χ1v) is 5.67. The molecule has 0 amide bonds. The van der Waals surface area contributed by atoms with Crippen LogP contribution in [0.3, 0.4) is 0 Å². The van der Waals surface area contributed by atoms with Crippen LogP contribution in [0.15, 0.2) is 18.2 Å². The molecule has 0 bridgehead atoms. The van der Waals surface area contributed by atoms with Crippen LogP contribution in [-0.2, 0) is 0 Å². The van der Waals surface area contributed by atoms with Crippen LogP contribution in [0.2, 0.25) is 0 Å². The number of nitro benzene ring substituents is 1. The van der Waals surface area contributed by atoms with E-state index >= 15 is 0 Å². The van der Waals surface area contributed by atoms with Gasteiger partial charge in [-0.05, 0) is 34.1 Å². The van der Waals surface area contributed by atoms with Gasteiger partial charge in [0.2, 0.25) is 0 Å². The maximum Gasteiger partial charge on any atom is 0.273 e. The van der Waals surface area contributed by atoms with E-state index in [9.17, 15) is 10.1 Å². The van der Waals surface area contributed by atoms with Gasteiger partial charge in [-0.2, -0.15) is 0 Å². The minimum atomic E-state index is -0.334. The van der Waals surface area contributed by atoms with Crippen molar-refractivity contribution in [2.45, 2.75) is 20.8 Å². The average Bonchev–Trinajstić information content (AvgIpc) is 2.05. The van der Waals surface area contributed by atoms with Crippen LogP contribution in [0, 0.1) is 25.5 Å². The second kappa shape index (κ2) is 4.47. The van der Waals surface area contributed by atoms with Gasteiger partial charge in [0.15, 0.2) is 0 Å². The van der Waals surface area contributed by atoms with Crippen molar-refractivity contribution in [3.8, 4) is 0 Å². The fourth-order valence-corrected chi connectivity index (χ4v) is 1.74. The second-order valence-corrected chi connectivity index (χ2v) is 5.72. The Morgan fingerprint density at radius 3 is 2.47 bits per heavy atom.